The van der Waals surface area contributed by atoms with E-state index in [0.29, 0.717) is 8.59 Å². The standard InChI is InChI=1S/C12H8BrClINO/c1-16-11(5-4-10(15)12(16)17)8-3-2-7(13)6-9(8)14/h2-6H,1H3. The van der Waals surface area contributed by atoms with Gasteiger partial charge in [-0.05, 0) is 46.9 Å². The number of pyridine rings is 1. The first-order valence-electron chi connectivity index (χ1n) is 4.81. The Morgan fingerprint density at radius 1 is 1.29 bits per heavy atom. The van der Waals surface area contributed by atoms with Crippen LogP contribution in [0.4, 0.5) is 0 Å². The van der Waals surface area contributed by atoms with Gasteiger partial charge in [0.25, 0.3) is 5.56 Å². The summed E-state index contributed by atoms with van der Waals surface area (Å²) in [6.45, 7) is 0. The van der Waals surface area contributed by atoms with Gasteiger partial charge >= 0.3 is 0 Å². The average molecular weight is 424 g/mol. The Kier molecular flexibility index (Phi) is 3.95. The second-order valence-electron chi connectivity index (χ2n) is 3.55. The molecule has 0 spiro atoms. The van der Waals surface area contributed by atoms with Crippen LogP contribution < -0.4 is 5.56 Å². The Balaban J connectivity index is 2.69. The highest BCUT2D eigenvalue weighted by Gasteiger charge is 2.09. The highest BCUT2D eigenvalue weighted by molar-refractivity contribution is 14.1. The van der Waals surface area contributed by atoms with Gasteiger partial charge in [0.2, 0.25) is 0 Å². The third-order valence-corrected chi connectivity index (χ3v) is 4.09. The Hall–Kier alpha value is -0.330. The lowest BCUT2D eigenvalue weighted by Crippen LogP contribution is -2.20. The Morgan fingerprint density at radius 3 is 2.65 bits per heavy atom. The van der Waals surface area contributed by atoms with Crippen molar-refractivity contribution in [2.75, 3.05) is 0 Å². The van der Waals surface area contributed by atoms with E-state index in [1.807, 2.05) is 46.9 Å². The van der Waals surface area contributed by atoms with Gasteiger partial charge < -0.3 is 4.57 Å². The van der Waals surface area contributed by atoms with E-state index >= 15 is 0 Å². The molecule has 0 aliphatic carbocycles. The van der Waals surface area contributed by atoms with E-state index < -0.39 is 0 Å². The largest absolute Gasteiger partial charge is 0.310 e. The number of hydrogen-bond acceptors (Lipinski definition) is 1. The van der Waals surface area contributed by atoms with Crippen molar-refractivity contribution in [1.29, 1.82) is 0 Å². The molecule has 1 aromatic heterocycles. The summed E-state index contributed by atoms with van der Waals surface area (Å²) in [7, 11) is 1.75. The predicted molar refractivity (Wildman–Crippen MR) is 82.5 cm³/mol. The van der Waals surface area contributed by atoms with Gasteiger partial charge in [-0.15, -0.1) is 0 Å². The van der Waals surface area contributed by atoms with Crippen LogP contribution >= 0.6 is 50.1 Å². The van der Waals surface area contributed by atoms with Gasteiger partial charge in [-0.25, -0.2) is 0 Å². The highest BCUT2D eigenvalue weighted by Crippen LogP contribution is 2.29. The van der Waals surface area contributed by atoms with Crippen LogP contribution in [0, 0.1) is 3.57 Å². The first kappa shape index (κ1) is 13.1. The van der Waals surface area contributed by atoms with Crippen molar-refractivity contribution in [2.24, 2.45) is 7.05 Å². The van der Waals surface area contributed by atoms with Crippen LogP contribution in [0.2, 0.25) is 5.02 Å². The second kappa shape index (κ2) is 5.12. The maximum Gasteiger partial charge on any atom is 0.264 e. The molecule has 0 amide bonds. The molecule has 1 heterocycles. The van der Waals surface area contributed by atoms with E-state index in [1.165, 1.54) is 0 Å². The molecule has 0 N–H and O–H groups in total. The smallest absolute Gasteiger partial charge is 0.264 e. The van der Waals surface area contributed by atoms with Crippen molar-refractivity contribution in [2.45, 2.75) is 0 Å². The predicted octanol–water partition coefficient (Wildman–Crippen LogP) is 4.07. The van der Waals surface area contributed by atoms with Crippen LogP contribution in [0.3, 0.4) is 0 Å². The maximum absolute atomic E-state index is 11.8. The first-order valence-corrected chi connectivity index (χ1v) is 7.06. The summed E-state index contributed by atoms with van der Waals surface area (Å²) in [5.74, 6) is 0. The molecule has 1 aromatic carbocycles. The van der Waals surface area contributed by atoms with Crippen molar-refractivity contribution in [1.82, 2.24) is 4.57 Å². The van der Waals surface area contributed by atoms with Gasteiger partial charge in [-0.3, -0.25) is 4.79 Å². The van der Waals surface area contributed by atoms with E-state index in [1.54, 1.807) is 17.7 Å². The van der Waals surface area contributed by atoms with E-state index in [-0.39, 0.29) is 5.56 Å². The van der Waals surface area contributed by atoms with Gasteiger partial charge in [0.1, 0.15) is 0 Å². The van der Waals surface area contributed by atoms with Crippen molar-refractivity contribution in [3.05, 3.63) is 53.8 Å². The minimum absolute atomic E-state index is 0.0120. The molecule has 0 aliphatic rings. The normalized spacial score (nSPS) is 10.6. The summed E-state index contributed by atoms with van der Waals surface area (Å²) in [5, 5.41) is 0.621. The maximum atomic E-state index is 11.8. The molecule has 17 heavy (non-hydrogen) atoms. The average Bonchev–Trinajstić information content (AvgIpc) is 2.28. The first-order chi connectivity index (χ1) is 8.00. The SMILES string of the molecule is Cn1c(-c2ccc(Br)cc2Cl)ccc(I)c1=O. The van der Waals surface area contributed by atoms with Crippen molar-refractivity contribution in [3.8, 4) is 11.3 Å². The molecular formula is C12H8BrClINO. The van der Waals surface area contributed by atoms with Crippen LogP contribution in [0.1, 0.15) is 0 Å². The molecule has 0 fully saturated rings. The molecule has 2 rings (SSSR count). The molecule has 0 unspecified atom stereocenters. The number of hydrogen-bond donors (Lipinski definition) is 0. The fourth-order valence-electron chi connectivity index (χ4n) is 1.57. The second-order valence-corrected chi connectivity index (χ2v) is 6.04. The zero-order valence-electron chi connectivity index (χ0n) is 8.88. The van der Waals surface area contributed by atoms with Crippen LogP contribution in [-0.4, -0.2) is 4.57 Å². The van der Waals surface area contributed by atoms with E-state index in [0.717, 1.165) is 15.7 Å². The van der Waals surface area contributed by atoms with Crippen LogP contribution in [-0.2, 0) is 7.05 Å². The number of halogens is 3. The van der Waals surface area contributed by atoms with E-state index in [4.69, 9.17) is 11.6 Å². The quantitative estimate of drug-likeness (QED) is 0.633. The number of benzene rings is 1. The number of nitrogens with zero attached hydrogens (tertiary/aromatic N) is 1. The third kappa shape index (κ3) is 2.58. The molecule has 88 valence electrons. The zero-order chi connectivity index (χ0) is 12.6. The fraction of sp³-hybridized carbons (Fsp3) is 0.0833. The summed E-state index contributed by atoms with van der Waals surface area (Å²) >= 11 is 11.6. The third-order valence-electron chi connectivity index (χ3n) is 2.46. The van der Waals surface area contributed by atoms with Crippen molar-refractivity contribution in [3.63, 3.8) is 0 Å². The lowest BCUT2D eigenvalue weighted by Gasteiger charge is -2.10. The zero-order valence-corrected chi connectivity index (χ0v) is 13.4. The molecular weight excluding hydrogens is 416 g/mol. The van der Waals surface area contributed by atoms with Crippen LogP contribution in [0.25, 0.3) is 11.3 Å². The monoisotopic (exact) mass is 423 g/mol. The van der Waals surface area contributed by atoms with Gasteiger partial charge in [0, 0.05) is 17.1 Å². The molecule has 0 bridgehead atoms. The minimum Gasteiger partial charge on any atom is -0.310 e. The van der Waals surface area contributed by atoms with Crippen LogP contribution in [0.5, 0.6) is 0 Å². The van der Waals surface area contributed by atoms with E-state index in [2.05, 4.69) is 15.9 Å². The summed E-state index contributed by atoms with van der Waals surface area (Å²) in [6.07, 6.45) is 0. The lowest BCUT2D eigenvalue weighted by molar-refractivity contribution is 0.863. The molecule has 0 atom stereocenters. The van der Waals surface area contributed by atoms with Gasteiger partial charge in [0.05, 0.1) is 14.3 Å². The van der Waals surface area contributed by atoms with Crippen LogP contribution in [0.15, 0.2) is 39.6 Å². The summed E-state index contributed by atoms with van der Waals surface area (Å²) in [6, 6.07) is 9.33. The molecule has 0 aliphatic heterocycles. The van der Waals surface area contributed by atoms with Crippen molar-refractivity contribution < 1.29 is 0 Å². The lowest BCUT2D eigenvalue weighted by atomic mass is 10.1. The molecule has 0 radical (unpaired) electrons. The molecule has 2 aromatic rings. The van der Waals surface area contributed by atoms with Gasteiger partial charge in [-0.2, -0.15) is 0 Å². The summed E-state index contributed by atoms with van der Waals surface area (Å²) < 4.78 is 3.22. The Morgan fingerprint density at radius 2 is 2.00 bits per heavy atom. The highest BCUT2D eigenvalue weighted by atomic mass is 127. The summed E-state index contributed by atoms with van der Waals surface area (Å²) in [4.78, 5) is 11.8. The Bertz CT molecular complexity index is 639. The topological polar surface area (TPSA) is 22.0 Å². The van der Waals surface area contributed by atoms with Crippen molar-refractivity contribution >= 4 is 50.1 Å². The minimum atomic E-state index is -0.0120. The number of rotatable bonds is 1. The molecule has 0 saturated carbocycles. The van der Waals surface area contributed by atoms with Gasteiger partial charge in [0.15, 0.2) is 0 Å². The molecule has 2 nitrogen and oxygen atoms in total. The Labute approximate surface area is 126 Å². The fourth-order valence-corrected chi connectivity index (χ4v) is 2.88. The molecule has 0 saturated heterocycles. The molecule has 5 heteroatoms. The van der Waals surface area contributed by atoms with Gasteiger partial charge in [-0.1, -0.05) is 33.6 Å². The van der Waals surface area contributed by atoms with E-state index in [9.17, 15) is 4.79 Å². The summed E-state index contributed by atoms with van der Waals surface area (Å²) in [5.41, 5.74) is 1.65. The number of aromatic nitrogens is 1.